The second kappa shape index (κ2) is 7.35. The summed E-state index contributed by atoms with van der Waals surface area (Å²) in [6.07, 6.45) is 3.81. The number of carbonyl (C=O) groups excluding carboxylic acids is 1. The van der Waals surface area contributed by atoms with E-state index in [0.717, 1.165) is 19.3 Å². The van der Waals surface area contributed by atoms with Gasteiger partial charge in [0.15, 0.2) is 5.11 Å². The third-order valence-electron chi connectivity index (χ3n) is 3.67. The van der Waals surface area contributed by atoms with Crippen LogP contribution < -0.4 is 15.5 Å². The molecule has 2 heterocycles. The molecule has 1 aliphatic heterocycles. The van der Waals surface area contributed by atoms with Crippen LogP contribution in [0.15, 0.2) is 12.1 Å². The predicted molar refractivity (Wildman–Crippen MR) is 84.6 cm³/mol. The molecule has 0 saturated carbocycles. The smallest absolute Gasteiger partial charge is 0.333 e. The molecule has 0 aliphatic carbocycles. The molecule has 1 saturated heterocycles. The van der Waals surface area contributed by atoms with Crippen molar-refractivity contribution in [1.29, 1.82) is 0 Å². The van der Waals surface area contributed by atoms with Gasteiger partial charge in [-0.2, -0.15) is 0 Å². The first-order valence-electron chi connectivity index (χ1n) is 7.35. The molecule has 0 amide bonds. The lowest BCUT2D eigenvalue weighted by Crippen LogP contribution is -2.30. The van der Waals surface area contributed by atoms with Crippen LogP contribution in [0.3, 0.4) is 0 Å². The Morgan fingerprint density at radius 2 is 1.95 bits per heavy atom. The van der Waals surface area contributed by atoms with Crippen LogP contribution in [-0.4, -0.2) is 38.1 Å². The monoisotopic (exact) mass is 327 g/mol. The fraction of sp³-hybridized carbons (Fsp3) is 0.571. The fourth-order valence-electron chi connectivity index (χ4n) is 2.42. The molecule has 22 heavy (non-hydrogen) atoms. The van der Waals surface area contributed by atoms with E-state index in [-0.39, 0.29) is 18.2 Å². The van der Waals surface area contributed by atoms with E-state index in [0.29, 0.717) is 28.3 Å². The number of thiocarbonyl (C=S) groups is 1. The lowest BCUT2D eigenvalue weighted by molar-refractivity contribution is -0.145. The van der Waals surface area contributed by atoms with Crippen LogP contribution in [0.2, 0.25) is 0 Å². The van der Waals surface area contributed by atoms with Crippen molar-refractivity contribution < 1.29 is 19.8 Å². The SMILES string of the molecule is CC1NC(=S)NC1CCCCCC(=O)On1c(O)ccc1O. The van der Waals surface area contributed by atoms with E-state index in [1.165, 1.54) is 12.1 Å². The van der Waals surface area contributed by atoms with Gasteiger partial charge >= 0.3 is 5.97 Å². The molecule has 1 fully saturated rings. The molecular weight excluding hydrogens is 306 g/mol. The number of aromatic nitrogens is 1. The van der Waals surface area contributed by atoms with Crippen molar-refractivity contribution >= 4 is 23.3 Å². The maximum absolute atomic E-state index is 11.6. The summed E-state index contributed by atoms with van der Waals surface area (Å²) in [6, 6.07) is 3.17. The van der Waals surface area contributed by atoms with Crippen molar-refractivity contribution in [2.75, 3.05) is 0 Å². The summed E-state index contributed by atoms with van der Waals surface area (Å²) in [5, 5.41) is 25.8. The van der Waals surface area contributed by atoms with E-state index in [1.807, 2.05) is 0 Å². The first-order valence-corrected chi connectivity index (χ1v) is 7.76. The van der Waals surface area contributed by atoms with Crippen molar-refractivity contribution in [2.45, 2.75) is 51.1 Å². The van der Waals surface area contributed by atoms with E-state index in [4.69, 9.17) is 17.1 Å². The van der Waals surface area contributed by atoms with Crippen molar-refractivity contribution in [3.63, 3.8) is 0 Å². The normalized spacial score (nSPS) is 20.5. The summed E-state index contributed by atoms with van der Waals surface area (Å²) in [7, 11) is 0. The number of hydrogen-bond acceptors (Lipinski definition) is 5. The molecule has 2 atom stereocenters. The minimum absolute atomic E-state index is 0.237. The maximum atomic E-state index is 11.6. The summed E-state index contributed by atoms with van der Waals surface area (Å²) >= 11 is 5.06. The Labute approximate surface area is 134 Å². The number of carbonyl (C=O) groups is 1. The van der Waals surface area contributed by atoms with Gasteiger partial charge in [0.25, 0.3) is 0 Å². The van der Waals surface area contributed by atoms with Gasteiger partial charge in [0.1, 0.15) is 0 Å². The first kappa shape index (κ1) is 16.4. The van der Waals surface area contributed by atoms with Crippen molar-refractivity contribution in [3.8, 4) is 11.8 Å². The van der Waals surface area contributed by atoms with Crippen LogP contribution in [-0.2, 0) is 4.79 Å². The second-order valence-electron chi connectivity index (χ2n) is 5.42. The highest BCUT2D eigenvalue weighted by atomic mass is 32.1. The van der Waals surface area contributed by atoms with Gasteiger partial charge in [0.2, 0.25) is 11.8 Å². The average molecular weight is 327 g/mol. The van der Waals surface area contributed by atoms with Gasteiger partial charge in [-0.05, 0) is 32.0 Å². The highest BCUT2D eigenvalue weighted by molar-refractivity contribution is 7.80. The third kappa shape index (κ3) is 4.27. The van der Waals surface area contributed by atoms with Crippen LogP contribution in [0, 0.1) is 0 Å². The zero-order valence-electron chi connectivity index (χ0n) is 12.4. The lowest BCUT2D eigenvalue weighted by atomic mass is 10.0. The van der Waals surface area contributed by atoms with Crippen LogP contribution in [0.5, 0.6) is 11.8 Å². The van der Waals surface area contributed by atoms with Gasteiger partial charge in [0.05, 0.1) is 0 Å². The second-order valence-corrected chi connectivity index (χ2v) is 5.83. The van der Waals surface area contributed by atoms with Crippen molar-refractivity contribution in [3.05, 3.63) is 12.1 Å². The van der Waals surface area contributed by atoms with Gasteiger partial charge in [0, 0.05) is 30.6 Å². The number of unbranched alkanes of at least 4 members (excludes halogenated alkanes) is 2. The molecule has 1 aromatic heterocycles. The van der Waals surface area contributed by atoms with Gasteiger partial charge < -0.3 is 25.7 Å². The van der Waals surface area contributed by atoms with Crippen LogP contribution in [0.4, 0.5) is 0 Å². The Balaban J connectivity index is 1.61. The number of rotatable bonds is 7. The highest BCUT2D eigenvalue weighted by Gasteiger charge is 2.24. The Kier molecular flexibility index (Phi) is 5.48. The largest absolute Gasteiger partial charge is 0.492 e. The Morgan fingerprint density at radius 3 is 2.55 bits per heavy atom. The van der Waals surface area contributed by atoms with E-state index in [1.54, 1.807) is 0 Å². The molecule has 122 valence electrons. The van der Waals surface area contributed by atoms with Crippen molar-refractivity contribution in [2.24, 2.45) is 0 Å². The van der Waals surface area contributed by atoms with Gasteiger partial charge in [-0.25, -0.2) is 4.79 Å². The number of hydrogen-bond donors (Lipinski definition) is 4. The topological polar surface area (TPSA) is 95.8 Å². The van der Waals surface area contributed by atoms with Gasteiger partial charge in [-0.15, -0.1) is 4.73 Å². The highest BCUT2D eigenvalue weighted by Crippen LogP contribution is 2.19. The maximum Gasteiger partial charge on any atom is 0.333 e. The molecule has 1 aromatic rings. The summed E-state index contributed by atoms with van der Waals surface area (Å²) in [4.78, 5) is 16.5. The van der Waals surface area contributed by atoms with E-state index in [9.17, 15) is 15.0 Å². The van der Waals surface area contributed by atoms with Crippen LogP contribution >= 0.6 is 12.2 Å². The summed E-state index contributed by atoms with van der Waals surface area (Å²) in [5.41, 5.74) is 0. The van der Waals surface area contributed by atoms with E-state index in [2.05, 4.69) is 17.6 Å². The molecule has 7 nitrogen and oxygen atoms in total. The van der Waals surface area contributed by atoms with Gasteiger partial charge in [-0.3, -0.25) is 0 Å². The molecule has 8 heteroatoms. The Morgan fingerprint density at radius 1 is 1.27 bits per heavy atom. The zero-order valence-corrected chi connectivity index (χ0v) is 13.2. The molecule has 0 radical (unpaired) electrons. The van der Waals surface area contributed by atoms with Gasteiger partial charge in [-0.1, -0.05) is 12.8 Å². The summed E-state index contributed by atoms with van der Waals surface area (Å²) < 4.78 is 0.707. The molecule has 0 bridgehead atoms. The first-order chi connectivity index (χ1) is 10.5. The average Bonchev–Trinajstić information content (AvgIpc) is 2.94. The molecule has 1 aliphatic rings. The Bertz CT molecular complexity index is 527. The molecule has 4 N–H and O–H groups in total. The summed E-state index contributed by atoms with van der Waals surface area (Å²) in [6.45, 7) is 2.09. The van der Waals surface area contributed by atoms with Crippen molar-refractivity contribution in [1.82, 2.24) is 15.4 Å². The molecule has 2 rings (SSSR count). The minimum Gasteiger partial charge on any atom is -0.492 e. The molecule has 0 spiro atoms. The van der Waals surface area contributed by atoms with Crippen LogP contribution in [0.1, 0.15) is 39.0 Å². The standard InChI is InChI=1S/C14H21N3O4S/c1-9-10(16-14(22)15-9)5-3-2-4-6-13(20)21-17-11(18)7-8-12(17)19/h7-10,18-19H,2-6H2,1H3,(H2,15,16,22). The zero-order chi connectivity index (χ0) is 16.1. The quantitative estimate of drug-likeness (QED) is 0.439. The minimum atomic E-state index is -0.489. The van der Waals surface area contributed by atoms with E-state index >= 15 is 0 Å². The summed E-state index contributed by atoms with van der Waals surface area (Å²) in [5.74, 6) is -1.11. The molecule has 2 unspecified atom stereocenters. The Hall–Kier alpha value is -1.96. The molecular formula is C14H21N3O4S. The van der Waals surface area contributed by atoms with Crippen LogP contribution in [0.25, 0.3) is 0 Å². The van der Waals surface area contributed by atoms with E-state index < -0.39 is 5.97 Å². The fourth-order valence-corrected chi connectivity index (χ4v) is 2.76. The predicted octanol–water partition coefficient (Wildman–Crippen LogP) is 1.04. The molecule has 0 aromatic carbocycles. The number of nitrogens with zero attached hydrogens (tertiary/aromatic N) is 1. The number of nitrogens with one attached hydrogen (secondary N) is 2. The lowest BCUT2D eigenvalue weighted by Gasteiger charge is -2.13. The third-order valence-corrected chi connectivity index (χ3v) is 3.90. The number of aromatic hydroxyl groups is 2.